The van der Waals surface area contributed by atoms with E-state index in [4.69, 9.17) is 33.5 Å². The van der Waals surface area contributed by atoms with Crippen LogP contribution in [0.2, 0.25) is 0 Å². The molecule has 1 aliphatic rings. The highest BCUT2D eigenvalue weighted by molar-refractivity contribution is 5.72. The first-order valence-electron chi connectivity index (χ1n) is 14.9. The van der Waals surface area contributed by atoms with E-state index < -0.39 is 77.9 Å². The summed E-state index contributed by atoms with van der Waals surface area (Å²) in [6, 6.07) is 0. The summed E-state index contributed by atoms with van der Waals surface area (Å²) in [6.07, 6.45) is -4.72. The Balaban J connectivity index is 1.14. The summed E-state index contributed by atoms with van der Waals surface area (Å²) in [4.78, 5) is 11.7. The average Bonchev–Trinajstić information content (AvgIpc) is 3.53. The fourth-order valence-electron chi connectivity index (χ4n) is 4.18. The quantitative estimate of drug-likeness (QED) is 0.0314. The van der Waals surface area contributed by atoms with E-state index in [0.29, 0.717) is 38.5 Å². The Morgan fingerprint density at radius 2 is 1.33 bits per heavy atom. The van der Waals surface area contributed by atoms with Gasteiger partial charge in [0.15, 0.2) is 6.29 Å². The second-order valence-corrected chi connectivity index (χ2v) is 10.2. The number of aromatic nitrogens is 3. The van der Waals surface area contributed by atoms with E-state index in [0.717, 1.165) is 0 Å². The van der Waals surface area contributed by atoms with Crippen molar-refractivity contribution in [3.8, 4) is 5.75 Å². The third-order valence-corrected chi connectivity index (χ3v) is 6.73. The molecule has 0 saturated carbocycles. The van der Waals surface area contributed by atoms with E-state index in [1.54, 1.807) is 10.9 Å². The molecule has 48 heavy (non-hydrogen) atoms. The molecule has 3 rings (SSSR count). The maximum atomic E-state index is 13.5. The number of esters is 1. The predicted octanol–water partition coefficient (Wildman–Crippen LogP) is -0.215. The van der Waals surface area contributed by atoms with Gasteiger partial charge >= 0.3 is 5.97 Å². The molecule has 272 valence electrons. The van der Waals surface area contributed by atoms with Gasteiger partial charge in [-0.2, -0.15) is 8.78 Å². The lowest BCUT2D eigenvalue weighted by Gasteiger charge is -2.40. The highest BCUT2D eigenvalue weighted by Gasteiger charge is 2.43. The zero-order chi connectivity index (χ0) is 35.1. The van der Waals surface area contributed by atoms with Crippen molar-refractivity contribution in [2.75, 3.05) is 66.1 Å². The summed E-state index contributed by atoms with van der Waals surface area (Å²) in [7, 11) is 0. The van der Waals surface area contributed by atoms with Crippen LogP contribution < -0.4 is 4.74 Å². The molecule has 1 fully saturated rings. The van der Waals surface area contributed by atoms with Crippen LogP contribution in [0.3, 0.4) is 0 Å². The molecule has 1 aromatic heterocycles. The Morgan fingerprint density at radius 1 is 0.771 bits per heavy atom. The first-order valence-corrected chi connectivity index (χ1v) is 14.9. The molecular formula is C28H38F5N3O12. The number of benzene rings is 1. The molecule has 0 bridgehead atoms. The van der Waals surface area contributed by atoms with Gasteiger partial charge in [-0.15, -0.1) is 5.10 Å². The van der Waals surface area contributed by atoms with Gasteiger partial charge in [0.1, 0.15) is 18.3 Å². The van der Waals surface area contributed by atoms with Crippen molar-refractivity contribution in [2.45, 2.75) is 56.5 Å². The summed E-state index contributed by atoms with van der Waals surface area (Å²) >= 11 is 0. The number of hydrogen-bond donors (Lipinski definition) is 4. The van der Waals surface area contributed by atoms with Gasteiger partial charge in [-0.3, -0.25) is 4.79 Å². The molecule has 20 heteroatoms. The van der Waals surface area contributed by atoms with Crippen molar-refractivity contribution >= 4 is 5.97 Å². The topological polar surface area (TPSA) is 193 Å². The largest absolute Gasteiger partial charge is 0.420 e. The molecule has 0 aliphatic carbocycles. The van der Waals surface area contributed by atoms with Gasteiger partial charge in [0, 0.05) is 19.2 Å². The minimum Gasteiger partial charge on any atom is -0.420 e. The second kappa shape index (κ2) is 20.6. The van der Waals surface area contributed by atoms with Crippen LogP contribution >= 0.6 is 0 Å². The number of halogens is 5. The van der Waals surface area contributed by atoms with Gasteiger partial charge < -0.3 is 53.6 Å². The third-order valence-electron chi connectivity index (χ3n) is 6.73. The molecule has 5 atom stereocenters. The molecule has 0 radical (unpaired) electrons. The van der Waals surface area contributed by atoms with Crippen LogP contribution in [0.1, 0.15) is 18.5 Å². The second-order valence-electron chi connectivity index (χ2n) is 10.2. The van der Waals surface area contributed by atoms with Crippen molar-refractivity contribution in [1.82, 2.24) is 15.0 Å². The lowest BCUT2D eigenvalue weighted by Crippen LogP contribution is -2.58. The molecule has 0 unspecified atom stereocenters. The average molecular weight is 704 g/mol. The zero-order valence-electron chi connectivity index (χ0n) is 25.6. The van der Waals surface area contributed by atoms with Gasteiger partial charge in [0.25, 0.3) is 0 Å². The molecule has 2 aromatic rings. The zero-order valence-corrected chi connectivity index (χ0v) is 25.6. The van der Waals surface area contributed by atoms with Gasteiger partial charge in [-0.25, -0.2) is 17.9 Å². The van der Waals surface area contributed by atoms with Gasteiger partial charge in [0.2, 0.25) is 34.8 Å². The fraction of sp³-hybridized carbons (Fsp3) is 0.679. The van der Waals surface area contributed by atoms with E-state index in [1.807, 2.05) is 0 Å². The lowest BCUT2D eigenvalue weighted by atomic mass is 9.97. The van der Waals surface area contributed by atoms with E-state index in [9.17, 15) is 42.1 Å². The van der Waals surface area contributed by atoms with Crippen LogP contribution in [0.4, 0.5) is 22.0 Å². The number of nitrogens with zero attached hydrogens (tertiary/aromatic N) is 3. The van der Waals surface area contributed by atoms with Crippen LogP contribution in [-0.2, 0) is 46.2 Å². The fourth-order valence-corrected chi connectivity index (χ4v) is 4.18. The van der Waals surface area contributed by atoms with E-state index in [2.05, 4.69) is 15.0 Å². The number of ether oxygens (including phenoxy) is 7. The van der Waals surface area contributed by atoms with Gasteiger partial charge in [0.05, 0.1) is 84.2 Å². The number of carbonyl (C=O) groups excluding carboxylic acids is 1. The standard InChI is InChI=1S/C28H38F5N3O12/c29-19-20(30)22(32)27(23(33)21(19)31)48-18(38)3-6-42-9-11-44-13-14-45-12-10-43-8-4-36-15-16(34-35-36)2-7-46-28-26(41)25(40)24(39)17(47-28)1-5-37/h15,17,24-26,28,37,39-41H,1-14H2/t17-,24-,25+,26+,28+/m1/s1. The van der Waals surface area contributed by atoms with Crippen molar-refractivity contribution in [1.29, 1.82) is 0 Å². The lowest BCUT2D eigenvalue weighted by molar-refractivity contribution is -0.298. The Morgan fingerprint density at radius 3 is 1.94 bits per heavy atom. The van der Waals surface area contributed by atoms with E-state index in [-0.39, 0.29) is 52.7 Å². The number of rotatable bonds is 22. The van der Waals surface area contributed by atoms with Crippen molar-refractivity contribution in [2.24, 2.45) is 0 Å². The summed E-state index contributed by atoms with van der Waals surface area (Å²) in [6.45, 7) is 1.61. The Hall–Kier alpha value is -2.92. The third kappa shape index (κ3) is 11.9. The minimum atomic E-state index is -2.36. The number of aliphatic hydroxyl groups excluding tert-OH is 4. The number of aliphatic hydroxyl groups is 4. The summed E-state index contributed by atoms with van der Waals surface area (Å²) in [5, 5.41) is 47.1. The van der Waals surface area contributed by atoms with Crippen molar-refractivity contribution in [3.05, 3.63) is 41.0 Å². The van der Waals surface area contributed by atoms with Crippen LogP contribution in [0.15, 0.2) is 6.20 Å². The summed E-state index contributed by atoms with van der Waals surface area (Å²) in [5.41, 5.74) is 0.606. The minimum absolute atomic E-state index is 0.0506. The number of carbonyl (C=O) groups is 1. The summed E-state index contributed by atoms with van der Waals surface area (Å²) in [5.74, 6) is -14.2. The molecule has 1 saturated heterocycles. The molecule has 15 nitrogen and oxygen atoms in total. The normalized spacial score (nSPS) is 21.1. The molecular weight excluding hydrogens is 665 g/mol. The smallest absolute Gasteiger partial charge is 0.313 e. The Kier molecular flexibility index (Phi) is 16.9. The highest BCUT2D eigenvalue weighted by Crippen LogP contribution is 2.29. The van der Waals surface area contributed by atoms with E-state index >= 15 is 0 Å². The summed E-state index contributed by atoms with van der Waals surface area (Å²) < 4.78 is 104. The molecule has 2 heterocycles. The molecule has 1 aromatic carbocycles. The van der Waals surface area contributed by atoms with Crippen molar-refractivity contribution < 1.29 is 80.3 Å². The highest BCUT2D eigenvalue weighted by atomic mass is 19.2. The van der Waals surface area contributed by atoms with Gasteiger partial charge in [-0.1, -0.05) is 5.21 Å². The van der Waals surface area contributed by atoms with Gasteiger partial charge in [-0.05, 0) is 6.42 Å². The maximum absolute atomic E-state index is 13.5. The first-order chi connectivity index (χ1) is 23.0. The molecule has 0 spiro atoms. The van der Waals surface area contributed by atoms with Crippen LogP contribution in [0.5, 0.6) is 5.75 Å². The molecule has 1 aliphatic heterocycles. The SMILES string of the molecule is O=C(CCOCCOCCOCCOCCn1cc(CCO[C@H]2O[C@H](CCO)[C@@H](O)[C@H](O)[C@@H]2O)nn1)Oc1c(F)c(F)c(F)c(F)c1F. The van der Waals surface area contributed by atoms with Crippen LogP contribution in [-0.4, -0.2) is 138 Å². The number of hydrogen-bond acceptors (Lipinski definition) is 14. The van der Waals surface area contributed by atoms with Crippen LogP contribution in [0, 0.1) is 29.1 Å². The maximum Gasteiger partial charge on any atom is 0.313 e. The predicted molar refractivity (Wildman–Crippen MR) is 148 cm³/mol. The van der Waals surface area contributed by atoms with E-state index in [1.165, 1.54) is 0 Å². The Labute approximate surface area is 271 Å². The van der Waals surface area contributed by atoms with Crippen LogP contribution in [0.25, 0.3) is 0 Å². The van der Waals surface area contributed by atoms with Crippen molar-refractivity contribution in [3.63, 3.8) is 0 Å². The molecule has 4 N–H and O–H groups in total. The first kappa shape index (κ1) is 39.5. The monoisotopic (exact) mass is 703 g/mol. The Bertz CT molecular complexity index is 1250. The molecule has 0 amide bonds.